The number of nitrogens with one attached hydrogen (secondary N) is 1. The molecule has 0 aromatic heterocycles. The van der Waals surface area contributed by atoms with Crippen molar-refractivity contribution in [3.05, 3.63) is 65.2 Å². The highest BCUT2D eigenvalue weighted by atomic mass is 19.1. The van der Waals surface area contributed by atoms with E-state index in [4.69, 9.17) is 4.74 Å². The summed E-state index contributed by atoms with van der Waals surface area (Å²) in [6, 6.07) is 9.43. The summed E-state index contributed by atoms with van der Waals surface area (Å²) >= 11 is 0. The van der Waals surface area contributed by atoms with Gasteiger partial charge in [0.2, 0.25) is 5.91 Å². The molecule has 0 aliphatic carbocycles. The van der Waals surface area contributed by atoms with E-state index in [0.717, 1.165) is 12.1 Å². The van der Waals surface area contributed by atoms with Crippen LogP contribution >= 0.6 is 0 Å². The first kappa shape index (κ1) is 19.6. The number of rotatable bonds is 8. The molecule has 0 heterocycles. The maximum absolute atomic E-state index is 13.7. The van der Waals surface area contributed by atoms with Crippen LogP contribution in [-0.2, 0) is 4.79 Å². The second-order valence-corrected chi connectivity index (χ2v) is 5.96. The van der Waals surface area contributed by atoms with Gasteiger partial charge in [0.25, 0.3) is 0 Å². The summed E-state index contributed by atoms with van der Waals surface area (Å²) in [5, 5.41) is 2.66. The highest BCUT2D eigenvalue weighted by molar-refractivity contribution is 5.96. The number of methoxy groups -OCH3 is 1. The molecule has 1 N–H and O–H groups in total. The van der Waals surface area contributed by atoms with Crippen molar-refractivity contribution in [1.29, 1.82) is 0 Å². The number of ether oxygens (including phenoxy) is 1. The van der Waals surface area contributed by atoms with Crippen molar-refractivity contribution in [2.45, 2.75) is 32.2 Å². The predicted octanol–water partition coefficient (Wildman–Crippen LogP) is 4.20. The van der Waals surface area contributed by atoms with Gasteiger partial charge in [0.05, 0.1) is 13.2 Å². The zero-order valence-corrected chi connectivity index (χ0v) is 14.7. The third kappa shape index (κ3) is 5.37. The smallest absolute Gasteiger partial charge is 0.220 e. The van der Waals surface area contributed by atoms with Gasteiger partial charge in [-0.25, -0.2) is 8.78 Å². The summed E-state index contributed by atoms with van der Waals surface area (Å²) < 4.78 is 31.7. The first-order chi connectivity index (χ1) is 12.4. The first-order valence-electron chi connectivity index (χ1n) is 8.32. The molecule has 138 valence electrons. The highest BCUT2D eigenvalue weighted by Crippen LogP contribution is 2.18. The summed E-state index contributed by atoms with van der Waals surface area (Å²) in [4.78, 5) is 24.1. The van der Waals surface area contributed by atoms with Crippen molar-refractivity contribution in [1.82, 2.24) is 5.32 Å². The van der Waals surface area contributed by atoms with Crippen LogP contribution in [-0.4, -0.2) is 18.8 Å². The molecule has 0 saturated heterocycles. The molecule has 2 aromatic rings. The van der Waals surface area contributed by atoms with E-state index in [1.807, 2.05) is 0 Å². The van der Waals surface area contributed by atoms with Gasteiger partial charge < -0.3 is 10.1 Å². The summed E-state index contributed by atoms with van der Waals surface area (Å²) in [5.74, 6) is -1.04. The molecule has 2 aromatic carbocycles. The van der Waals surface area contributed by atoms with Crippen molar-refractivity contribution in [2.24, 2.45) is 0 Å². The Kier molecular flexibility index (Phi) is 6.83. The molecule has 1 amide bonds. The lowest BCUT2D eigenvalue weighted by Crippen LogP contribution is -2.27. The second kappa shape index (κ2) is 9.08. The van der Waals surface area contributed by atoms with Crippen LogP contribution in [0, 0.1) is 11.6 Å². The molecule has 2 rings (SSSR count). The van der Waals surface area contributed by atoms with Crippen LogP contribution in [0.5, 0.6) is 5.75 Å². The normalized spacial score (nSPS) is 11.7. The fourth-order valence-corrected chi connectivity index (χ4v) is 2.57. The van der Waals surface area contributed by atoms with Gasteiger partial charge in [0.1, 0.15) is 17.4 Å². The molecule has 0 spiro atoms. The summed E-state index contributed by atoms with van der Waals surface area (Å²) in [6.45, 7) is 1.62. The summed E-state index contributed by atoms with van der Waals surface area (Å²) in [6.07, 6.45) is 0.767. The van der Waals surface area contributed by atoms with Crippen LogP contribution in [0.4, 0.5) is 8.78 Å². The summed E-state index contributed by atoms with van der Waals surface area (Å²) in [7, 11) is 1.55. The number of hydrogen-bond acceptors (Lipinski definition) is 3. The average molecular weight is 361 g/mol. The zero-order chi connectivity index (χ0) is 19.1. The molecular weight excluding hydrogens is 340 g/mol. The Morgan fingerprint density at radius 1 is 1.08 bits per heavy atom. The number of amides is 1. The van der Waals surface area contributed by atoms with E-state index < -0.39 is 17.7 Å². The zero-order valence-electron chi connectivity index (χ0n) is 14.7. The Labute approximate surface area is 151 Å². The van der Waals surface area contributed by atoms with Gasteiger partial charge in [0.15, 0.2) is 5.78 Å². The molecule has 1 unspecified atom stereocenters. The molecule has 0 fully saturated rings. The van der Waals surface area contributed by atoms with Crippen LogP contribution in [0.3, 0.4) is 0 Å². The molecule has 6 heteroatoms. The Balaban J connectivity index is 1.79. The van der Waals surface area contributed by atoms with Crippen LogP contribution in [0.25, 0.3) is 0 Å². The van der Waals surface area contributed by atoms with E-state index >= 15 is 0 Å². The fourth-order valence-electron chi connectivity index (χ4n) is 2.57. The molecule has 26 heavy (non-hydrogen) atoms. The van der Waals surface area contributed by atoms with E-state index in [0.29, 0.717) is 17.7 Å². The molecule has 1 atom stereocenters. The summed E-state index contributed by atoms with van der Waals surface area (Å²) in [5.41, 5.74) is 0.780. The van der Waals surface area contributed by atoms with Crippen molar-refractivity contribution in [2.75, 3.05) is 7.11 Å². The van der Waals surface area contributed by atoms with Gasteiger partial charge in [-0.05, 0) is 43.7 Å². The molecule has 0 saturated carbocycles. The van der Waals surface area contributed by atoms with E-state index in [2.05, 4.69) is 5.32 Å². The number of Topliss-reactive ketones (excluding diaryl/α,β-unsaturated/α-hetero) is 1. The minimum Gasteiger partial charge on any atom is -0.497 e. The van der Waals surface area contributed by atoms with E-state index in [-0.39, 0.29) is 30.1 Å². The molecule has 4 nitrogen and oxygen atoms in total. The van der Waals surface area contributed by atoms with Crippen LogP contribution in [0.2, 0.25) is 0 Å². The van der Waals surface area contributed by atoms with E-state index in [9.17, 15) is 18.4 Å². The van der Waals surface area contributed by atoms with Gasteiger partial charge >= 0.3 is 0 Å². The number of benzene rings is 2. The minimum atomic E-state index is -0.701. The van der Waals surface area contributed by atoms with Gasteiger partial charge in [-0.3, -0.25) is 9.59 Å². The van der Waals surface area contributed by atoms with Crippen LogP contribution < -0.4 is 10.1 Å². The lowest BCUT2D eigenvalue weighted by atomic mass is 10.0. The standard InChI is InChI=1S/C20H21F2NO3/c1-13(17-11-8-15(21)12-18(17)22)23-20(25)5-3-4-19(24)14-6-9-16(26-2)10-7-14/h6-13H,3-5H2,1-2H3,(H,23,25). The topological polar surface area (TPSA) is 55.4 Å². The van der Waals surface area contributed by atoms with Gasteiger partial charge in [-0.1, -0.05) is 6.07 Å². The molecule has 0 radical (unpaired) electrons. The van der Waals surface area contributed by atoms with Crippen molar-refractivity contribution in [3.63, 3.8) is 0 Å². The Bertz CT molecular complexity index is 775. The maximum atomic E-state index is 13.7. The molecule has 0 aliphatic heterocycles. The monoisotopic (exact) mass is 361 g/mol. The lowest BCUT2D eigenvalue weighted by molar-refractivity contribution is -0.121. The lowest BCUT2D eigenvalue weighted by Gasteiger charge is -2.15. The largest absolute Gasteiger partial charge is 0.497 e. The Hall–Kier alpha value is -2.76. The predicted molar refractivity (Wildman–Crippen MR) is 94.1 cm³/mol. The van der Waals surface area contributed by atoms with Crippen LogP contribution in [0.15, 0.2) is 42.5 Å². The first-order valence-corrected chi connectivity index (χ1v) is 8.32. The number of hydrogen-bond donors (Lipinski definition) is 1. The number of halogens is 2. The van der Waals surface area contributed by atoms with Crippen LogP contribution in [0.1, 0.15) is 48.1 Å². The SMILES string of the molecule is COc1ccc(C(=O)CCCC(=O)NC(C)c2ccc(F)cc2F)cc1. The maximum Gasteiger partial charge on any atom is 0.220 e. The van der Waals surface area contributed by atoms with Crippen molar-refractivity contribution in [3.8, 4) is 5.75 Å². The Morgan fingerprint density at radius 2 is 1.77 bits per heavy atom. The van der Waals surface area contributed by atoms with Gasteiger partial charge in [0, 0.05) is 30.0 Å². The average Bonchev–Trinajstić information content (AvgIpc) is 2.61. The van der Waals surface area contributed by atoms with Gasteiger partial charge in [-0.2, -0.15) is 0 Å². The minimum absolute atomic E-state index is 0.0573. The Morgan fingerprint density at radius 3 is 2.38 bits per heavy atom. The molecule has 0 bridgehead atoms. The quantitative estimate of drug-likeness (QED) is 0.717. The second-order valence-electron chi connectivity index (χ2n) is 5.96. The van der Waals surface area contributed by atoms with Crippen molar-refractivity contribution >= 4 is 11.7 Å². The number of carbonyl (C=O) groups excluding carboxylic acids is 2. The third-order valence-electron chi connectivity index (χ3n) is 4.03. The third-order valence-corrected chi connectivity index (χ3v) is 4.03. The fraction of sp³-hybridized carbons (Fsp3) is 0.300. The van der Waals surface area contributed by atoms with Gasteiger partial charge in [-0.15, -0.1) is 0 Å². The number of carbonyl (C=O) groups is 2. The van der Waals surface area contributed by atoms with E-state index in [1.165, 1.54) is 6.07 Å². The van der Waals surface area contributed by atoms with Crippen molar-refractivity contribution < 1.29 is 23.1 Å². The van der Waals surface area contributed by atoms with E-state index in [1.54, 1.807) is 38.3 Å². The number of ketones is 1. The molecule has 0 aliphatic rings. The highest BCUT2D eigenvalue weighted by Gasteiger charge is 2.15. The molecular formula is C20H21F2NO3.